The Morgan fingerprint density at radius 1 is 1.23 bits per heavy atom. The Kier molecular flexibility index (Phi) is 6.29. The molecule has 13 heavy (non-hydrogen) atoms. The maximum Gasteiger partial charge on any atom is 0.190 e. The Hall–Kier alpha value is -0.120. The molecule has 0 bridgehead atoms. The predicted octanol–water partition coefficient (Wildman–Crippen LogP) is 2.90. The molecule has 0 saturated carbocycles. The van der Waals surface area contributed by atoms with Crippen LogP contribution in [0.15, 0.2) is 0 Å². The van der Waals surface area contributed by atoms with Crippen molar-refractivity contribution in [2.45, 2.75) is 58.8 Å². The summed E-state index contributed by atoms with van der Waals surface area (Å²) in [5.74, 6) is 0. The van der Waals surface area contributed by atoms with Crippen LogP contribution in [0.1, 0.15) is 47.0 Å². The lowest BCUT2D eigenvalue weighted by atomic mass is 10.2. The quantitative estimate of drug-likeness (QED) is 0.366. The molecule has 1 unspecified atom stereocenters. The van der Waals surface area contributed by atoms with Gasteiger partial charge in [0.15, 0.2) is 6.29 Å². The van der Waals surface area contributed by atoms with Gasteiger partial charge >= 0.3 is 0 Å². The third kappa shape index (κ3) is 8.22. The molecule has 0 saturated heterocycles. The van der Waals surface area contributed by atoms with Crippen LogP contribution < -0.4 is 0 Å². The van der Waals surface area contributed by atoms with Crippen LogP contribution in [0, 0.1) is 0 Å². The fourth-order valence-electron chi connectivity index (χ4n) is 0.774. The van der Waals surface area contributed by atoms with Crippen LogP contribution in [-0.2, 0) is 14.5 Å². The van der Waals surface area contributed by atoms with E-state index in [1.54, 1.807) is 7.11 Å². The van der Waals surface area contributed by atoms with Gasteiger partial charge in [-0.05, 0) is 27.2 Å². The second kappa shape index (κ2) is 6.35. The molecule has 3 nitrogen and oxygen atoms in total. The lowest BCUT2D eigenvalue weighted by Gasteiger charge is -2.22. The van der Waals surface area contributed by atoms with Crippen LogP contribution in [-0.4, -0.2) is 19.0 Å². The first-order valence-electron chi connectivity index (χ1n) is 4.87. The maximum absolute atomic E-state index is 5.15. The van der Waals surface area contributed by atoms with Crippen LogP contribution in [0.3, 0.4) is 0 Å². The van der Waals surface area contributed by atoms with Gasteiger partial charge in [-0.15, -0.1) is 0 Å². The van der Waals surface area contributed by atoms with E-state index < -0.39 is 0 Å². The van der Waals surface area contributed by atoms with Gasteiger partial charge in [-0.2, -0.15) is 0 Å². The summed E-state index contributed by atoms with van der Waals surface area (Å²) in [6.45, 7) is 7.97. The summed E-state index contributed by atoms with van der Waals surface area (Å²) in [5, 5.41) is 0. The van der Waals surface area contributed by atoms with Gasteiger partial charge in [-0.25, -0.2) is 9.78 Å². The topological polar surface area (TPSA) is 27.7 Å². The highest BCUT2D eigenvalue weighted by molar-refractivity contribution is 4.54. The minimum absolute atomic E-state index is 0.237. The van der Waals surface area contributed by atoms with Gasteiger partial charge < -0.3 is 4.74 Å². The number of rotatable bonds is 6. The third-order valence-electron chi connectivity index (χ3n) is 1.46. The van der Waals surface area contributed by atoms with Crippen molar-refractivity contribution in [3.8, 4) is 0 Å². The molecule has 0 aliphatic rings. The number of hydrogen-bond acceptors (Lipinski definition) is 3. The van der Waals surface area contributed by atoms with E-state index in [4.69, 9.17) is 14.5 Å². The Balaban J connectivity index is 3.59. The van der Waals surface area contributed by atoms with Crippen molar-refractivity contribution in [3.63, 3.8) is 0 Å². The van der Waals surface area contributed by atoms with E-state index in [2.05, 4.69) is 6.92 Å². The van der Waals surface area contributed by atoms with Crippen molar-refractivity contribution in [1.82, 2.24) is 0 Å². The molecular formula is C10H22O3. The predicted molar refractivity (Wildman–Crippen MR) is 52.2 cm³/mol. The zero-order chi connectivity index (χ0) is 10.3. The van der Waals surface area contributed by atoms with E-state index in [9.17, 15) is 0 Å². The van der Waals surface area contributed by atoms with Crippen molar-refractivity contribution in [2.75, 3.05) is 7.11 Å². The van der Waals surface area contributed by atoms with E-state index in [-0.39, 0.29) is 11.9 Å². The highest BCUT2D eigenvalue weighted by Crippen LogP contribution is 2.12. The molecule has 0 aliphatic carbocycles. The monoisotopic (exact) mass is 190 g/mol. The van der Waals surface area contributed by atoms with E-state index in [1.807, 2.05) is 20.8 Å². The normalized spacial score (nSPS) is 14.5. The van der Waals surface area contributed by atoms with Gasteiger partial charge in [0, 0.05) is 13.5 Å². The molecule has 0 radical (unpaired) electrons. The zero-order valence-corrected chi connectivity index (χ0v) is 9.42. The third-order valence-corrected chi connectivity index (χ3v) is 1.46. The lowest BCUT2D eigenvalue weighted by Crippen LogP contribution is -2.25. The first-order chi connectivity index (χ1) is 5.99. The molecule has 0 aliphatic heterocycles. The summed E-state index contributed by atoms with van der Waals surface area (Å²) in [6, 6.07) is 0. The molecule has 0 amide bonds. The highest BCUT2D eigenvalue weighted by Gasteiger charge is 2.15. The Bertz CT molecular complexity index is 118. The summed E-state index contributed by atoms with van der Waals surface area (Å²) >= 11 is 0. The summed E-state index contributed by atoms with van der Waals surface area (Å²) in [6.07, 6.45) is 2.87. The Labute approximate surface area is 81.3 Å². The molecule has 0 aromatic rings. The SMILES string of the molecule is CCCCC(OC)OOC(C)(C)C. The fourth-order valence-corrected chi connectivity index (χ4v) is 0.774. The molecule has 0 heterocycles. The Morgan fingerprint density at radius 3 is 2.23 bits per heavy atom. The van der Waals surface area contributed by atoms with Crippen molar-refractivity contribution in [3.05, 3.63) is 0 Å². The van der Waals surface area contributed by atoms with E-state index in [0.717, 1.165) is 19.3 Å². The van der Waals surface area contributed by atoms with Crippen LogP contribution in [0.2, 0.25) is 0 Å². The molecular weight excluding hydrogens is 168 g/mol. The molecule has 3 heteroatoms. The van der Waals surface area contributed by atoms with Crippen LogP contribution in [0.5, 0.6) is 0 Å². The van der Waals surface area contributed by atoms with E-state index in [1.165, 1.54) is 0 Å². The molecule has 0 aromatic heterocycles. The van der Waals surface area contributed by atoms with Gasteiger partial charge in [-0.3, -0.25) is 0 Å². The number of hydrogen-bond donors (Lipinski definition) is 0. The first-order valence-corrected chi connectivity index (χ1v) is 4.87. The maximum atomic E-state index is 5.15. The smallest absolute Gasteiger partial charge is 0.190 e. The van der Waals surface area contributed by atoms with Gasteiger partial charge in [0.1, 0.15) is 0 Å². The second-order valence-corrected chi connectivity index (χ2v) is 4.10. The molecule has 80 valence electrons. The standard InChI is InChI=1S/C10H22O3/c1-6-7-8-9(11-5)12-13-10(2,3)4/h9H,6-8H2,1-5H3. The average Bonchev–Trinajstić information content (AvgIpc) is 2.03. The second-order valence-electron chi connectivity index (χ2n) is 4.10. The lowest BCUT2D eigenvalue weighted by molar-refractivity contribution is -0.413. The van der Waals surface area contributed by atoms with E-state index in [0.29, 0.717) is 0 Å². The van der Waals surface area contributed by atoms with Gasteiger partial charge in [-0.1, -0.05) is 13.3 Å². The largest absolute Gasteiger partial charge is 0.353 e. The minimum Gasteiger partial charge on any atom is -0.353 e. The fraction of sp³-hybridized carbons (Fsp3) is 1.00. The average molecular weight is 190 g/mol. The van der Waals surface area contributed by atoms with E-state index >= 15 is 0 Å². The van der Waals surface area contributed by atoms with Crippen molar-refractivity contribution in [2.24, 2.45) is 0 Å². The summed E-state index contributed by atoms with van der Waals surface area (Å²) in [4.78, 5) is 10.3. The summed E-state index contributed by atoms with van der Waals surface area (Å²) in [5.41, 5.74) is -0.275. The van der Waals surface area contributed by atoms with Crippen LogP contribution in [0.4, 0.5) is 0 Å². The number of ether oxygens (including phenoxy) is 1. The number of methoxy groups -OCH3 is 1. The molecule has 0 spiro atoms. The first kappa shape index (κ1) is 12.9. The molecule has 0 N–H and O–H groups in total. The zero-order valence-electron chi connectivity index (χ0n) is 9.42. The van der Waals surface area contributed by atoms with Crippen LogP contribution >= 0.6 is 0 Å². The Morgan fingerprint density at radius 2 is 1.85 bits per heavy atom. The van der Waals surface area contributed by atoms with Gasteiger partial charge in [0.05, 0.1) is 5.60 Å². The molecule has 0 aromatic carbocycles. The summed E-state index contributed by atoms with van der Waals surface area (Å²) < 4.78 is 5.10. The van der Waals surface area contributed by atoms with Crippen molar-refractivity contribution < 1.29 is 14.5 Å². The van der Waals surface area contributed by atoms with Crippen molar-refractivity contribution in [1.29, 1.82) is 0 Å². The van der Waals surface area contributed by atoms with Crippen molar-refractivity contribution >= 4 is 0 Å². The summed E-state index contributed by atoms with van der Waals surface area (Å²) in [7, 11) is 1.63. The molecule has 0 fully saturated rings. The number of unbranched alkanes of at least 4 members (excludes halogenated alkanes) is 1. The van der Waals surface area contributed by atoms with Crippen LogP contribution in [0.25, 0.3) is 0 Å². The highest BCUT2D eigenvalue weighted by atomic mass is 17.2. The molecule has 0 rings (SSSR count). The minimum atomic E-state index is -0.275. The molecule has 1 atom stereocenters. The van der Waals surface area contributed by atoms with Gasteiger partial charge in [0.2, 0.25) is 0 Å². The van der Waals surface area contributed by atoms with Gasteiger partial charge in [0.25, 0.3) is 0 Å².